The summed E-state index contributed by atoms with van der Waals surface area (Å²) < 4.78 is 24.9. The molecule has 0 bridgehead atoms. The lowest BCUT2D eigenvalue weighted by Crippen LogP contribution is -2.23. The van der Waals surface area contributed by atoms with Gasteiger partial charge in [-0.1, -0.05) is 37.3 Å². The Bertz CT molecular complexity index is 577. The molecule has 0 aliphatic rings. The molecule has 1 radical (unpaired) electrons. The van der Waals surface area contributed by atoms with Crippen molar-refractivity contribution in [3.8, 4) is 5.75 Å². The van der Waals surface area contributed by atoms with Crippen LogP contribution in [0.4, 0.5) is 4.39 Å². The van der Waals surface area contributed by atoms with Gasteiger partial charge < -0.3 is 9.47 Å². The van der Waals surface area contributed by atoms with Crippen molar-refractivity contribution in [2.45, 2.75) is 25.6 Å². The van der Waals surface area contributed by atoms with Crippen LogP contribution in [0.2, 0.25) is 0 Å². The highest BCUT2D eigenvalue weighted by Gasteiger charge is 2.25. The molecule has 0 aliphatic heterocycles. The summed E-state index contributed by atoms with van der Waals surface area (Å²) in [6.45, 7) is 6.38. The third-order valence-electron chi connectivity index (χ3n) is 3.61. The first-order valence-electron chi connectivity index (χ1n) is 6.95. The van der Waals surface area contributed by atoms with Gasteiger partial charge in [0, 0.05) is 13.2 Å². The van der Waals surface area contributed by atoms with Crippen molar-refractivity contribution >= 4 is 0 Å². The fourth-order valence-corrected chi connectivity index (χ4v) is 2.12. The molecule has 0 fully saturated rings. The molecule has 2 rings (SSSR count). The van der Waals surface area contributed by atoms with Crippen LogP contribution in [0, 0.1) is 12.7 Å². The van der Waals surface area contributed by atoms with Gasteiger partial charge in [-0.15, -0.1) is 0 Å². The molecule has 111 valence electrons. The van der Waals surface area contributed by atoms with Crippen molar-refractivity contribution in [3.63, 3.8) is 0 Å². The standard InChI is InChI=1S/C18H20FO2/c1-4-18(2,20-3)15-10-16(19)12-17(11-15)21-13-14-8-6-5-7-9-14/h5-12H,2,4,13H2,1,3H3. The molecule has 1 atom stereocenters. The molecule has 0 aromatic heterocycles. The van der Waals surface area contributed by atoms with Crippen molar-refractivity contribution in [2.75, 3.05) is 7.11 Å². The van der Waals surface area contributed by atoms with Gasteiger partial charge in [-0.05, 0) is 36.6 Å². The number of hydrogen-bond acceptors (Lipinski definition) is 2. The van der Waals surface area contributed by atoms with Crippen LogP contribution in [0.1, 0.15) is 24.5 Å². The summed E-state index contributed by atoms with van der Waals surface area (Å²) >= 11 is 0. The monoisotopic (exact) mass is 287 g/mol. The molecule has 2 aromatic rings. The Hall–Kier alpha value is -1.87. The van der Waals surface area contributed by atoms with E-state index in [0.717, 1.165) is 5.56 Å². The van der Waals surface area contributed by atoms with Crippen LogP contribution in [0.5, 0.6) is 5.75 Å². The van der Waals surface area contributed by atoms with Crippen molar-refractivity contribution in [3.05, 3.63) is 72.4 Å². The van der Waals surface area contributed by atoms with Crippen LogP contribution in [0.15, 0.2) is 48.5 Å². The Morgan fingerprint density at radius 3 is 2.48 bits per heavy atom. The summed E-state index contributed by atoms with van der Waals surface area (Å²) in [6.07, 6.45) is 0.644. The van der Waals surface area contributed by atoms with Gasteiger partial charge in [0.1, 0.15) is 18.2 Å². The lowest BCUT2D eigenvalue weighted by molar-refractivity contribution is 0.0225. The van der Waals surface area contributed by atoms with Crippen molar-refractivity contribution < 1.29 is 13.9 Å². The lowest BCUT2D eigenvalue weighted by Gasteiger charge is -2.27. The average Bonchev–Trinajstić information content (AvgIpc) is 2.52. The van der Waals surface area contributed by atoms with E-state index in [4.69, 9.17) is 9.47 Å². The predicted molar refractivity (Wildman–Crippen MR) is 81.5 cm³/mol. The number of halogens is 1. The van der Waals surface area contributed by atoms with E-state index >= 15 is 0 Å². The number of ether oxygens (including phenoxy) is 2. The fourth-order valence-electron chi connectivity index (χ4n) is 2.12. The third kappa shape index (κ3) is 3.82. The van der Waals surface area contributed by atoms with E-state index in [-0.39, 0.29) is 5.82 Å². The molecular weight excluding hydrogens is 267 g/mol. The summed E-state index contributed by atoms with van der Waals surface area (Å²) in [5.41, 5.74) is 0.953. The zero-order valence-corrected chi connectivity index (χ0v) is 12.4. The SMILES string of the molecule is [CH2]C(CC)(OC)c1cc(F)cc(OCc2ccccc2)c1. The molecule has 0 spiro atoms. The van der Waals surface area contributed by atoms with E-state index in [1.807, 2.05) is 37.3 Å². The quantitative estimate of drug-likeness (QED) is 0.779. The zero-order chi connectivity index (χ0) is 15.3. The molecule has 21 heavy (non-hydrogen) atoms. The smallest absolute Gasteiger partial charge is 0.127 e. The van der Waals surface area contributed by atoms with Crippen molar-refractivity contribution in [1.29, 1.82) is 0 Å². The van der Waals surface area contributed by atoms with Crippen LogP contribution >= 0.6 is 0 Å². The highest BCUT2D eigenvalue weighted by molar-refractivity contribution is 5.34. The molecule has 0 amide bonds. The summed E-state index contributed by atoms with van der Waals surface area (Å²) in [4.78, 5) is 0. The van der Waals surface area contributed by atoms with Gasteiger partial charge in [-0.3, -0.25) is 0 Å². The molecule has 3 heteroatoms. The Balaban J connectivity index is 2.19. The van der Waals surface area contributed by atoms with E-state index in [9.17, 15) is 4.39 Å². The minimum Gasteiger partial charge on any atom is -0.489 e. The Labute approximate surface area is 125 Å². The molecule has 1 unspecified atom stereocenters. The molecule has 2 aromatic carbocycles. The van der Waals surface area contributed by atoms with Gasteiger partial charge in [0.15, 0.2) is 0 Å². The second-order valence-electron chi connectivity index (χ2n) is 5.00. The highest BCUT2D eigenvalue weighted by Crippen LogP contribution is 2.31. The molecule has 0 N–H and O–H groups in total. The maximum absolute atomic E-state index is 13.8. The number of methoxy groups -OCH3 is 1. The maximum Gasteiger partial charge on any atom is 0.127 e. The Kier molecular flexibility index (Phi) is 4.97. The normalized spacial score (nSPS) is 13.7. The number of hydrogen-bond donors (Lipinski definition) is 0. The van der Waals surface area contributed by atoms with Gasteiger partial charge in [-0.2, -0.15) is 0 Å². The number of benzene rings is 2. The highest BCUT2D eigenvalue weighted by atomic mass is 19.1. The zero-order valence-electron chi connectivity index (χ0n) is 12.4. The van der Waals surface area contributed by atoms with Gasteiger partial charge in [0.25, 0.3) is 0 Å². The summed E-state index contributed by atoms with van der Waals surface area (Å²) in [5.74, 6) is 0.126. The van der Waals surface area contributed by atoms with Crippen LogP contribution in [0.3, 0.4) is 0 Å². The minimum atomic E-state index is -0.757. The average molecular weight is 287 g/mol. The van der Waals surface area contributed by atoms with Crippen molar-refractivity contribution in [2.24, 2.45) is 0 Å². The van der Waals surface area contributed by atoms with Crippen LogP contribution < -0.4 is 4.74 Å². The van der Waals surface area contributed by atoms with Gasteiger partial charge >= 0.3 is 0 Å². The summed E-state index contributed by atoms with van der Waals surface area (Å²) in [5, 5.41) is 0. The first-order chi connectivity index (χ1) is 10.1. The van der Waals surface area contributed by atoms with E-state index in [2.05, 4.69) is 6.92 Å². The molecule has 0 heterocycles. The molecular formula is C18H20FO2. The second kappa shape index (κ2) is 6.72. The van der Waals surface area contributed by atoms with Crippen LogP contribution in [-0.4, -0.2) is 7.11 Å². The molecule has 2 nitrogen and oxygen atoms in total. The second-order valence-corrected chi connectivity index (χ2v) is 5.00. The number of rotatable bonds is 6. The molecule has 0 saturated carbocycles. The first-order valence-corrected chi connectivity index (χ1v) is 6.95. The summed E-state index contributed by atoms with van der Waals surface area (Å²) in [7, 11) is 1.58. The Morgan fingerprint density at radius 1 is 1.14 bits per heavy atom. The predicted octanol–water partition coefficient (Wildman–Crippen LogP) is 4.49. The van der Waals surface area contributed by atoms with Crippen LogP contribution in [-0.2, 0) is 16.9 Å². The van der Waals surface area contributed by atoms with Gasteiger partial charge in [-0.25, -0.2) is 4.39 Å². The Morgan fingerprint density at radius 2 is 1.86 bits per heavy atom. The van der Waals surface area contributed by atoms with Gasteiger partial charge in [0.2, 0.25) is 0 Å². The largest absolute Gasteiger partial charge is 0.489 e. The molecule has 0 aliphatic carbocycles. The van der Waals surface area contributed by atoms with E-state index in [0.29, 0.717) is 24.3 Å². The first kappa shape index (κ1) is 15.5. The van der Waals surface area contributed by atoms with Gasteiger partial charge in [0.05, 0.1) is 5.60 Å². The van der Waals surface area contributed by atoms with Crippen molar-refractivity contribution in [1.82, 2.24) is 0 Å². The van der Waals surface area contributed by atoms with E-state index in [1.165, 1.54) is 12.1 Å². The molecule has 0 saturated heterocycles. The third-order valence-corrected chi connectivity index (χ3v) is 3.61. The summed E-state index contributed by atoms with van der Waals surface area (Å²) in [6, 6.07) is 14.4. The topological polar surface area (TPSA) is 18.5 Å². The van der Waals surface area contributed by atoms with E-state index < -0.39 is 5.60 Å². The maximum atomic E-state index is 13.8. The van der Waals surface area contributed by atoms with E-state index in [1.54, 1.807) is 13.2 Å². The van der Waals surface area contributed by atoms with Crippen LogP contribution in [0.25, 0.3) is 0 Å². The minimum absolute atomic E-state index is 0.353. The fraction of sp³-hybridized carbons (Fsp3) is 0.278. The lowest BCUT2D eigenvalue weighted by atomic mass is 9.93.